The van der Waals surface area contributed by atoms with Gasteiger partial charge in [-0.2, -0.15) is 0 Å². The second-order valence-electron chi connectivity index (χ2n) is 4.57. The van der Waals surface area contributed by atoms with Crippen molar-refractivity contribution < 1.29 is 9.90 Å². The molecule has 0 bridgehead atoms. The predicted octanol–water partition coefficient (Wildman–Crippen LogP) is 2.90. The lowest BCUT2D eigenvalue weighted by Gasteiger charge is -2.18. The zero-order valence-corrected chi connectivity index (χ0v) is 11.8. The van der Waals surface area contributed by atoms with Crippen LogP contribution in [0.1, 0.15) is 15.9 Å². The van der Waals surface area contributed by atoms with Crippen LogP contribution in [0.15, 0.2) is 42.5 Å². The van der Waals surface area contributed by atoms with Crippen LogP contribution in [-0.2, 0) is 6.54 Å². The summed E-state index contributed by atoms with van der Waals surface area (Å²) in [7, 11) is 1.69. The summed E-state index contributed by atoms with van der Waals surface area (Å²) < 4.78 is 0. The molecule has 0 atom stereocenters. The predicted molar refractivity (Wildman–Crippen MR) is 79.8 cm³/mol. The van der Waals surface area contributed by atoms with Gasteiger partial charge in [-0.1, -0.05) is 23.7 Å². The first-order valence-electron chi connectivity index (χ1n) is 6.06. The summed E-state index contributed by atoms with van der Waals surface area (Å²) in [4.78, 5) is 13.8. The molecule has 0 heterocycles. The lowest BCUT2D eigenvalue weighted by molar-refractivity contribution is 0.0785. The molecule has 2 rings (SSSR count). The highest BCUT2D eigenvalue weighted by Gasteiger charge is 2.13. The molecule has 20 heavy (non-hydrogen) atoms. The maximum absolute atomic E-state index is 12.3. The zero-order chi connectivity index (χ0) is 14.7. The van der Waals surface area contributed by atoms with E-state index in [-0.39, 0.29) is 11.7 Å². The number of carbonyl (C=O) groups is 1. The number of amides is 1. The number of nitrogens with two attached hydrogens (primary N) is 1. The van der Waals surface area contributed by atoms with Crippen LogP contribution >= 0.6 is 11.6 Å². The molecule has 0 saturated carbocycles. The van der Waals surface area contributed by atoms with E-state index in [1.54, 1.807) is 48.3 Å². The summed E-state index contributed by atoms with van der Waals surface area (Å²) in [6.07, 6.45) is 0. The maximum Gasteiger partial charge on any atom is 0.253 e. The molecule has 2 aromatic rings. The van der Waals surface area contributed by atoms with Crippen molar-refractivity contribution >= 4 is 23.2 Å². The third-order valence-electron chi connectivity index (χ3n) is 2.92. The van der Waals surface area contributed by atoms with Gasteiger partial charge in [0.1, 0.15) is 5.75 Å². The first-order valence-corrected chi connectivity index (χ1v) is 6.43. The van der Waals surface area contributed by atoms with Crippen LogP contribution in [0.2, 0.25) is 5.02 Å². The van der Waals surface area contributed by atoms with E-state index >= 15 is 0 Å². The van der Waals surface area contributed by atoms with E-state index in [4.69, 9.17) is 17.3 Å². The van der Waals surface area contributed by atoms with Crippen LogP contribution in [0, 0.1) is 0 Å². The van der Waals surface area contributed by atoms with E-state index in [1.807, 2.05) is 6.07 Å². The van der Waals surface area contributed by atoms with Crippen molar-refractivity contribution in [2.75, 3.05) is 12.8 Å². The average molecular weight is 291 g/mol. The number of carbonyl (C=O) groups excluding carboxylic acids is 1. The van der Waals surface area contributed by atoms with Gasteiger partial charge in [-0.15, -0.1) is 0 Å². The molecule has 0 fully saturated rings. The average Bonchev–Trinajstić information content (AvgIpc) is 2.41. The van der Waals surface area contributed by atoms with Crippen molar-refractivity contribution in [2.45, 2.75) is 6.54 Å². The summed E-state index contributed by atoms with van der Waals surface area (Å²) in [6, 6.07) is 11.6. The fourth-order valence-corrected chi connectivity index (χ4v) is 2.02. The Morgan fingerprint density at radius 3 is 2.70 bits per heavy atom. The molecule has 0 aliphatic rings. The number of nitrogens with zero attached hydrogens (tertiary/aromatic N) is 1. The molecule has 2 aromatic carbocycles. The Labute approximate surface area is 122 Å². The SMILES string of the molecule is CN(Cc1cccc(O)c1)C(=O)c1ccc(Cl)c(N)c1. The van der Waals surface area contributed by atoms with Crippen LogP contribution in [0.3, 0.4) is 0 Å². The normalized spacial score (nSPS) is 10.3. The van der Waals surface area contributed by atoms with Gasteiger partial charge in [0.05, 0.1) is 10.7 Å². The van der Waals surface area contributed by atoms with Gasteiger partial charge in [0, 0.05) is 19.2 Å². The number of benzene rings is 2. The highest BCUT2D eigenvalue weighted by atomic mass is 35.5. The van der Waals surface area contributed by atoms with Crippen molar-refractivity contribution in [1.29, 1.82) is 0 Å². The molecular formula is C15H15ClN2O2. The molecule has 0 aromatic heterocycles. The minimum Gasteiger partial charge on any atom is -0.508 e. The minimum absolute atomic E-state index is 0.156. The molecule has 3 N–H and O–H groups in total. The third kappa shape index (κ3) is 3.22. The van der Waals surface area contributed by atoms with Crippen LogP contribution in [0.5, 0.6) is 5.75 Å². The van der Waals surface area contributed by atoms with Crippen molar-refractivity contribution in [3.63, 3.8) is 0 Å². The van der Waals surface area contributed by atoms with Crippen LogP contribution in [0.4, 0.5) is 5.69 Å². The quantitative estimate of drug-likeness (QED) is 0.854. The van der Waals surface area contributed by atoms with Gasteiger partial charge < -0.3 is 15.7 Å². The van der Waals surface area contributed by atoms with Gasteiger partial charge in [-0.25, -0.2) is 0 Å². The molecule has 0 aliphatic carbocycles. The standard InChI is InChI=1S/C15H15ClN2O2/c1-18(9-10-3-2-4-12(19)7-10)15(20)11-5-6-13(16)14(17)8-11/h2-8,19H,9,17H2,1H3. The van der Waals surface area contributed by atoms with Crippen molar-refractivity contribution in [3.05, 3.63) is 58.6 Å². The fraction of sp³-hybridized carbons (Fsp3) is 0.133. The molecule has 0 spiro atoms. The number of phenols is 1. The number of phenolic OH excluding ortho intramolecular Hbond substituents is 1. The maximum atomic E-state index is 12.3. The first-order chi connectivity index (χ1) is 9.47. The number of rotatable bonds is 3. The van der Waals surface area contributed by atoms with Gasteiger partial charge in [0.25, 0.3) is 5.91 Å². The van der Waals surface area contributed by atoms with Gasteiger partial charge in [-0.05, 0) is 35.9 Å². The Bertz CT molecular complexity index is 644. The Hall–Kier alpha value is -2.20. The minimum atomic E-state index is -0.156. The van der Waals surface area contributed by atoms with E-state index in [2.05, 4.69) is 0 Å². The van der Waals surface area contributed by atoms with E-state index in [0.717, 1.165) is 5.56 Å². The Balaban J connectivity index is 2.14. The van der Waals surface area contributed by atoms with Gasteiger partial charge in [-0.3, -0.25) is 4.79 Å². The van der Waals surface area contributed by atoms with E-state index < -0.39 is 0 Å². The van der Waals surface area contributed by atoms with Crippen LogP contribution < -0.4 is 5.73 Å². The summed E-state index contributed by atoms with van der Waals surface area (Å²) >= 11 is 5.83. The second-order valence-corrected chi connectivity index (χ2v) is 4.97. The van der Waals surface area contributed by atoms with Crippen LogP contribution in [-0.4, -0.2) is 23.0 Å². The van der Waals surface area contributed by atoms with Crippen LogP contribution in [0.25, 0.3) is 0 Å². The van der Waals surface area contributed by atoms with E-state index in [1.165, 1.54) is 0 Å². The number of aromatic hydroxyl groups is 1. The molecule has 0 radical (unpaired) electrons. The molecule has 4 nitrogen and oxygen atoms in total. The lowest BCUT2D eigenvalue weighted by Crippen LogP contribution is -2.26. The molecule has 0 aliphatic heterocycles. The van der Waals surface area contributed by atoms with E-state index in [9.17, 15) is 9.90 Å². The first kappa shape index (κ1) is 14.2. The van der Waals surface area contributed by atoms with Gasteiger partial charge >= 0.3 is 0 Å². The number of halogens is 1. The second kappa shape index (κ2) is 5.84. The Morgan fingerprint density at radius 1 is 1.30 bits per heavy atom. The Morgan fingerprint density at radius 2 is 2.05 bits per heavy atom. The lowest BCUT2D eigenvalue weighted by atomic mass is 10.1. The largest absolute Gasteiger partial charge is 0.508 e. The van der Waals surface area contributed by atoms with Crippen molar-refractivity contribution in [2.24, 2.45) is 0 Å². The number of nitrogen functional groups attached to an aromatic ring is 1. The smallest absolute Gasteiger partial charge is 0.253 e. The fourth-order valence-electron chi connectivity index (χ4n) is 1.90. The number of hydrogen-bond donors (Lipinski definition) is 2. The molecule has 0 saturated heterocycles. The zero-order valence-electron chi connectivity index (χ0n) is 11.0. The molecule has 1 amide bonds. The Kier molecular flexibility index (Phi) is 4.15. The topological polar surface area (TPSA) is 66.6 Å². The highest BCUT2D eigenvalue weighted by Crippen LogP contribution is 2.21. The number of hydrogen-bond acceptors (Lipinski definition) is 3. The highest BCUT2D eigenvalue weighted by molar-refractivity contribution is 6.33. The molecule has 0 unspecified atom stereocenters. The van der Waals surface area contributed by atoms with Gasteiger partial charge in [0.2, 0.25) is 0 Å². The third-order valence-corrected chi connectivity index (χ3v) is 3.26. The van der Waals surface area contributed by atoms with Crippen molar-refractivity contribution in [1.82, 2.24) is 4.90 Å². The monoisotopic (exact) mass is 290 g/mol. The van der Waals surface area contributed by atoms with Gasteiger partial charge in [0.15, 0.2) is 0 Å². The molecular weight excluding hydrogens is 276 g/mol. The van der Waals surface area contributed by atoms with Crippen molar-refractivity contribution in [3.8, 4) is 5.75 Å². The van der Waals surface area contributed by atoms with E-state index in [0.29, 0.717) is 22.8 Å². The summed E-state index contributed by atoms with van der Waals surface area (Å²) in [5, 5.41) is 9.84. The molecule has 104 valence electrons. The number of anilines is 1. The summed E-state index contributed by atoms with van der Waals surface area (Å²) in [5.41, 5.74) is 7.40. The summed E-state index contributed by atoms with van der Waals surface area (Å²) in [6.45, 7) is 0.399. The molecule has 5 heteroatoms. The summed E-state index contributed by atoms with van der Waals surface area (Å²) in [5.74, 6) is 0.0239.